The number of thioether (sulfide) groups is 1. The number of carbonyl (C=O) groups excluding carboxylic acids is 1. The summed E-state index contributed by atoms with van der Waals surface area (Å²) in [4.78, 5) is 11.5. The molecule has 3 nitrogen and oxygen atoms in total. The van der Waals surface area contributed by atoms with E-state index >= 15 is 0 Å². The minimum absolute atomic E-state index is 0.204. The van der Waals surface area contributed by atoms with Crippen LogP contribution in [0.2, 0.25) is 0 Å². The van der Waals surface area contributed by atoms with Gasteiger partial charge in [-0.25, -0.2) is 9.18 Å². The van der Waals surface area contributed by atoms with E-state index in [1.807, 2.05) is 0 Å². The Bertz CT molecular complexity index is 254. The second-order valence-corrected chi connectivity index (χ2v) is 4.77. The largest absolute Gasteiger partial charge is 0.464 e. The van der Waals surface area contributed by atoms with E-state index in [1.54, 1.807) is 6.92 Å². The second kappa shape index (κ2) is 3.38. The van der Waals surface area contributed by atoms with E-state index in [1.165, 1.54) is 11.8 Å². The van der Waals surface area contributed by atoms with Gasteiger partial charge in [0.2, 0.25) is 5.67 Å². The standard InChI is InChI=1S/C9H13FO3S/c1-2-13-7(11)9(10)6-14-5-8(9)3-12-4-8/h2-6H2,1H3. The predicted octanol–water partition coefficient (Wildman–Crippen LogP) is 1.02. The summed E-state index contributed by atoms with van der Waals surface area (Å²) in [6, 6.07) is 0. The maximum atomic E-state index is 14.4. The molecule has 2 saturated heterocycles. The molecule has 0 aliphatic carbocycles. The Morgan fingerprint density at radius 3 is 2.79 bits per heavy atom. The molecule has 0 aromatic carbocycles. The van der Waals surface area contributed by atoms with Gasteiger partial charge in [-0.2, -0.15) is 11.8 Å². The third-order valence-corrected chi connectivity index (χ3v) is 4.23. The summed E-state index contributed by atoms with van der Waals surface area (Å²) >= 11 is 1.46. The molecule has 80 valence electrons. The van der Waals surface area contributed by atoms with Crippen LogP contribution in [0.4, 0.5) is 4.39 Å². The van der Waals surface area contributed by atoms with Crippen LogP contribution in [0.15, 0.2) is 0 Å². The highest BCUT2D eigenvalue weighted by atomic mass is 32.2. The second-order valence-electron chi connectivity index (χ2n) is 3.79. The summed E-state index contributed by atoms with van der Waals surface area (Å²) < 4.78 is 24.2. The van der Waals surface area contributed by atoms with Crippen molar-refractivity contribution < 1.29 is 18.7 Å². The minimum Gasteiger partial charge on any atom is -0.464 e. The van der Waals surface area contributed by atoms with Crippen LogP contribution in [0.1, 0.15) is 6.92 Å². The van der Waals surface area contributed by atoms with Crippen LogP contribution in [-0.4, -0.2) is 43.0 Å². The van der Waals surface area contributed by atoms with E-state index in [-0.39, 0.29) is 12.4 Å². The monoisotopic (exact) mass is 220 g/mol. The molecule has 0 saturated carbocycles. The molecule has 2 rings (SSSR count). The van der Waals surface area contributed by atoms with Crippen molar-refractivity contribution >= 4 is 17.7 Å². The molecule has 5 heteroatoms. The fourth-order valence-corrected chi connectivity index (χ4v) is 3.43. The van der Waals surface area contributed by atoms with Gasteiger partial charge in [0.1, 0.15) is 0 Å². The maximum Gasteiger partial charge on any atom is 0.345 e. The molecule has 0 amide bonds. The Balaban J connectivity index is 2.16. The van der Waals surface area contributed by atoms with Crippen LogP contribution in [0, 0.1) is 5.41 Å². The van der Waals surface area contributed by atoms with Gasteiger partial charge in [-0.1, -0.05) is 0 Å². The lowest BCUT2D eigenvalue weighted by molar-refractivity contribution is -0.196. The van der Waals surface area contributed by atoms with Crippen LogP contribution in [0.5, 0.6) is 0 Å². The molecule has 2 heterocycles. The molecule has 14 heavy (non-hydrogen) atoms. The molecule has 2 aliphatic heterocycles. The lowest BCUT2D eigenvalue weighted by Gasteiger charge is -2.44. The highest BCUT2D eigenvalue weighted by molar-refractivity contribution is 7.99. The van der Waals surface area contributed by atoms with Gasteiger partial charge >= 0.3 is 5.97 Å². The SMILES string of the molecule is CCOC(=O)C1(F)CSCC12COC2. The average Bonchev–Trinajstić information content (AvgIpc) is 2.44. The fourth-order valence-electron chi connectivity index (χ4n) is 1.84. The van der Waals surface area contributed by atoms with Crippen molar-refractivity contribution in [2.45, 2.75) is 12.6 Å². The van der Waals surface area contributed by atoms with Crippen molar-refractivity contribution in [3.63, 3.8) is 0 Å². The zero-order chi connectivity index (χ0) is 10.2. The van der Waals surface area contributed by atoms with Crippen molar-refractivity contribution in [2.75, 3.05) is 31.3 Å². The zero-order valence-electron chi connectivity index (χ0n) is 8.05. The molecule has 0 aromatic heterocycles. The van der Waals surface area contributed by atoms with Crippen LogP contribution in [0.25, 0.3) is 0 Å². The quantitative estimate of drug-likeness (QED) is 0.651. The zero-order valence-corrected chi connectivity index (χ0v) is 8.86. The van der Waals surface area contributed by atoms with Gasteiger partial charge < -0.3 is 9.47 Å². The number of halogens is 1. The summed E-state index contributed by atoms with van der Waals surface area (Å²) in [6.45, 7) is 2.60. The predicted molar refractivity (Wildman–Crippen MR) is 51.0 cm³/mol. The van der Waals surface area contributed by atoms with Gasteiger partial charge in [0.05, 0.1) is 25.2 Å². The number of carbonyl (C=O) groups is 1. The average molecular weight is 220 g/mol. The maximum absolute atomic E-state index is 14.4. The van der Waals surface area contributed by atoms with Gasteiger partial charge in [-0.05, 0) is 6.92 Å². The van der Waals surface area contributed by atoms with Crippen molar-refractivity contribution in [2.24, 2.45) is 5.41 Å². The first-order chi connectivity index (χ1) is 6.65. The van der Waals surface area contributed by atoms with Crippen molar-refractivity contribution in [1.29, 1.82) is 0 Å². The number of hydrogen-bond acceptors (Lipinski definition) is 4. The van der Waals surface area contributed by atoms with Gasteiger partial charge in [0.15, 0.2) is 0 Å². The van der Waals surface area contributed by atoms with E-state index in [4.69, 9.17) is 9.47 Å². The first kappa shape index (κ1) is 10.2. The highest BCUT2D eigenvalue weighted by Gasteiger charge is 2.66. The van der Waals surface area contributed by atoms with E-state index in [2.05, 4.69) is 0 Å². The molecule has 1 spiro atoms. The molecule has 1 atom stereocenters. The Morgan fingerprint density at radius 2 is 2.29 bits per heavy atom. The smallest absolute Gasteiger partial charge is 0.345 e. The van der Waals surface area contributed by atoms with E-state index in [0.717, 1.165) is 0 Å². The Morgan fingerprint density at radius 1 is 1.57 bits per heavy atom. The van der Waals surface area contributed by atoms with Gasteiger partial charge in [0, 0.05) is 11.5 Å². The first-order valence-corrected chi connectivity index (χ1v) is 5.82. The molecule has 0 N–H and O–H groups in total. The molecular formula is C9H13FO3S. The third-order valence-electron chi connectivity index (χ3n) is 2.88. The summed E-state index contributed by atoms with van der Waals surface area (Å²) in [7, 11) is 0. The van der Waals surface area contributed by atoms with Crippen molar-refractivity contribution in [3.05, 3.63) is 0 Å². The molecule has 2 aliphatic rings. The summed E-state index contributed by atoms with van der Waals surface area (Å²) in [5, 5.41) is 0. The summed E-state index contributed by atoms with van der Waals surface area (Å²) in [6.07, 6.45) is 0. The summed E-state index contributed by atoms with van der Waals surface area (Å²) in [5.41, 5.74) is -2.43. The molecule has 0 aromatic rings. The van der Waals surface area contributed by atoms with E-state index in [0.29, 0.717) is 19.0 Å². The van der Waals surface area contributed by atoms with Crippen LogP contribution < -0.4 is 0 Å². The Labute approximate surface area is 86.3 Å². The minimum atomic E-state index is -1.83. The molecule has 0 radical (unpaired) electrons. The number of alkyl halides is 1. The van der Waals surface area contributed by atoms with Gasteiger partial charge in [-0.15, -0.1) is 0 Å². The van der Waals surface area contributed by atoms with Gasteiger partial charge in [0.25, 0.3) is 0 Å². The molecular weight excluding hydrogens is 207 g/mol. The van der Waals surface area contributed by atoms with Gasteiger partial charge in [-0.3, -0.25) is 0 Å². The highest BCUT2D eigenvalue weighted by Crippen LogP contribution is 2.52. The Hall–Kier alpha value is -0.290. The van der Waals surface area contributed by atoms with E-state index in [9.17, 15) is 9.18 Å². The molecule has 1 unspecified atom stereocenters. The number of esters is 1. The van der Waals surface area contributed by atoms with Crippen LogP contribution in [-0.2, 0) is 14.3 Å². The lowest BCUT2D eigenvalue weighted by atomic mass is 9.74. The topological polar surface area (TPSA) is 35.5 Å². The van der Waals surface area contributed by atoms with E-state index < -0.39 is 17.1 Å². The first-order valence-electron chi connectivity index (χ1n) is 4.66. The van der Waals surface area contributed by atoms with Crippen molar-refractivity contribution in [1.82, 2.24) is 0 Å². The Kier molecular flexibility index (Phi) is 2.47. The molecule has 0 bridgehead atoms. The third kappa shape index (κ3) is 1.18. The lowest BCUT2D eigenvalue weighted by Crippen LogP contribution is -2.61. The number of ether oxygens (including phenoxy) is 2. The summed E-state index contributed by atoms with van der Waals surface area (Å²) in [5.74, 6) is 0.144. The van der Waals surface area contributed by atoms with Crippen LogP contribution in [0.3, 0.4) is 0 Å². The van der Waals surface area contributed by atoms with Crippen molar-refractivity contribution in [3.8, 4) is 0 Å². The normalized spacial score (nSPS) is 34.1. The number of rotatable bonds is 2. The molecule has 2 fully saturated rings. The van der Waals surface area contributed by atoms with Crippen LogP contribution >= 0.6 is 11.8 Å². The number of hydrogen-bond donors (Lipinski definition) is 0. The fraction of sp³-hybridized carbons (Fsp3) is 0.889.